The van der Waals surface area contributed by atoms with Crippen LogP contribution in [0.5, 0.6) is 0 Å². The Bertz CT molecular complexity index is 348. The first-order chi connectivity index (χ1) is 7.54. The smallest absolute Gasteiger partial charge is 0.253 e. The predicted molar refractivity (Wildman–Crippen MR) is 64.1 cm³/mol. The lowest BCUT2D eigenvalue weighted by atomic mass is 10.0. The minimum atomic E-state index is -0.0969. The molecule has 2 unspecified atom stereocenters. The number of aromatic nitrogens is 1. The van der Waals surface area contributed by atoms with Gasteiger partial charge in [0.25, 0.3) is 5.91 Å². The molecule has 0 aliphatic heterocycles. The number of hydrogen-bond acceptors (Lipinski definition) is 3. The summed E-state index contributed by atoms with van der Waals surface area (Å²) in [6.45, 7) is 6.42. The van der Waals surface area contributed by atoms with Gasteiger partial charge in [0.1, 0.15) is 0 Å². The molecule has 4 heteroatoms. The van der Waals surface area contributed by atoms with Gasteiger partial charge in [0.15, 0.2) is 0 Å². The van der Waals surface area contributed by atoms with Gasteiger partial charge in [-0.3, -0.25) is 9.78 Å². The number of amides is 1. The molecule has 2 atom stereocenters. The summed E-state index contributed by atoms with van der Waals surface area (Å²) >= 11 is 0. The zero-order chi connectivity index (χ0) is 12.1. The van der Waals surface area contributed by atoms with Crippen molar-refractivity contribution in [3.05, 3.63) is 29.6 Å². The number of aryl methyl sites for hydroxylation is 1. The molecule has 0 saturated heterocycles. The molecule has 0 saturated carbocycles. The van der Waals surface area contributed by atoms with Crippen LogP contribution in [0.3, 0.4) is 0 Å². The van der Waals surface area contributed by atoms with Crippen molar-refractivity contribution in [3.8, 4) is 0 Å². The molecular weight excluding hydrogens is 202 g/mol. The van der Waals surface area contributed by atoms with Crippen molar-refractivity contribution in [2.75, 3.05) is 6.54 Å². The molecule has 1 amide bonds. The van der Waals surface area contributed by atoms with Crippen molar-refractivity contribution in [2.24, 2.45) is 11.7 Å². The quantitative estimate of drug-likeness (QED) is 0.800. The molecule has 88 valence electrons. The Kier molecular flexibility index (Phi) is 4.43. The molecule has 0 fully saturated rings. The van der Waals surface area contributed by atoms with E-state index in [1.165, 1.54) is 0 Å². The molecule has 1 aromatic rings. The van der Waals surface area contributed by atoms with Gasteiger partial charge in [-0.05, 0) is 38.4 Å². The monoisotopic (exact) mass is 221 g/mol. The van der Waals surface area contributed by atoms with Crippen LogP contribution in [-0.4, -0.2) is 23.5 Å². The van der Waals surface area contributed by atoms with Crippen LogP contribution in [0.1, 0.15) is 29.9 Å². The van der Waals surface area contributed by atoms with Gasteiger partial charge in [0.05, 0.1) is 5.56 Å². The Labute approximate surface area is 96.3 Å². The van der Waals surface area contributed by atoms with Crippen molar-refractivity contribution in [3.63, 3.8) is 0 Å². The van der Waals surface area contributed by atoms with Gasteiger partial charge in [0.2, 0.25) is 0 Å². The summed E-state index contributed by atoms with van der Waals surface area (Å²) in [6.07, 6.45) is 1.59. The Morgan fingerprint density at radius 1 is 1.50 bits per heavy atom. The van der Waals surface area contributed by atoms with Crippen LogP contribution < -0.4 is 11.1 Å². The van der Waals surface area contributed by atoms with E-state index in [9.17, 15) is 4.79 Å². The van der Waals surface area contributed by atoms with Crippen molar-refractivity contribution in [1.82, 2.24) is 10.3 Å². The van der Waals surface area contributed by atoms with E-state index in [0.29, 0.717) is 12.1 Å². The Morgan fingerprint density at radius 3 is 2.69 bits per heavy atom. The molecule has 0 bridgehead atoms. The second-order valence-corrected chi connectivity index (χ2v) is 4.16. The van der Waals surface area contributed by atoms with Gasteiger partial charge < -0.3 is 11.1 Å². The van der Waals surface area contributed by atoms with Crippen LogP contribution >= 0.6 is 0 Å². The van der Waals surface area contributed by atoms with E-state index in [1.54, 1.807) is 12.3 Å². The summed E-state index contributed by atoms with van der Waals surface area (Å²) in [4.78, 5) is 15.9. The van der Waals surface area contributed by atoms with E-state index in [1.807, 2.05) is 26.8 Å². The third kappa shape index (κ3) is 3.31. The summed E-state index contributed by atoms with van der Waals surface area (Å²) in [5, 5.41) is 2.91. The van der Waals surface area contributed by atoms with Crippen LogP contribution in [-0.2, 0) is 0 Å². The highest BCUT2D eigenvalue weighted by Gasteiger charge is 2.14. The molecule has 1 aromatic heterocycles. The number of nitrogens with two attached hydrogens (primary N) is 1. The van der Waals surface area contributed by atoms with Crippen LogP contribution in [0.25, 0.3) is 0 Å². The second-order valence-electron chi connectivity index (χ2n) is 4.16. The lowest BCUT2D eigenvalue weighted by Crippen LogP contribution is -2.39. The van der Waals surface area contributed by atoms with Gasteiger partial charge in [0, 0.05) is 17.9 Å². The van der Waals surface area contributed by atoms with Gasteiger partial charge >= 0.3 is 0 Å². The van der Waals surface area contributed by atoms with Gasteiger partial charge in [-0.15, -0.1) is 0 Å². The molecule has 1 rings (SSSR count). The molecule has 0 aliphatic rings. The SMILES string of the molecule is Cc1ccc(C(=O)NC(C)C(C)CN)cn1. The third-order valence-corrected chi connectivity index (χ3v) is 2.76. The summed E-state index contributed by atoms with van der Waals surface area (Å²) < 4.78 is 0. The minimum Gasteiger partial charge on any atom is -0.349 e. The molecule has 0 radical (unpaired) electrons. The molecule has 0 spiro atoms. The topological polar surface area (TPSA) is 68.0 Å². The normalized spacial score (nSPS) is 14.2. The molecule has 1 heterocycles. The summed E-state index contributed by atoms with van der Waals surface area (Å²) in [5.74, 6) is 0.169. The Balaban J connectivity index is 2.62. The van der Waals surface area contributed by atoms with Crippen molar-refractivity contribution in [2.45, 2.75) is 26.8 Å². The number of nitrogens with one attached hydrogen (secondary N) is 1. The number of carbonyl (C=O) groups excluding carboxylic acids is 1. The molecule has 4 nitrogen and oxygen atoms in total. The fourth-order valence-corrected chi connectivity index (χ4v) is 1.24. The van der Waals surface area contributed by atoms with E-state index < -0.39 is 0 Å². The average molecular weight is 221 g/mol. The first-order valence-electron chi connectivity index (χ1n) is 5.48. The lowest BCUT2D eigenvalue weighted by Gasteiger charge is -2.19. The third-order valence-electron chi connectivity index (χ3n) is 2.76. The van der Waals surface area contributed by atoms with E-state index >= 15 is 0 Å². The molecule has 0 aliphatic carbocycles. The number of nitrogens with zero attached hydrogens (tertiary/aromatic N) is 1. The molecule has 16 heavy (non-hydrogen) atoms. The zero-order valence-electron chi connectivity index (χ0n) is 10.0. The fraction of sp³-hybridized carbons (Fsp3) is 0.500. The maximum Gasteiger partial charge on any atom is 0.253 e. The maximum atomic E-state index is 11.8. The van der Waals surface area contributed by atoms with Crippen LogP contribution in [0.15, 0.2) is 18.3 Å². The molecular formula is C12H19N3O. The van der Waals surface area contributed by atoms with Gasteiger partial charge in [-0.25, -0.2) is 0 Å². The van der Waals surface area contributed by atoms with E-state index in [-0.39, 0.29) is 17.9 Å². The van der Waals surface area contributed by atoms with Crippen LogP contribution in [0.2, 0.25) is 0 Å². The number of hydrogen-bond donors (Lipinski definition) is 2. The van der Waals surface area contributed by atoms with E-state index in [4.69, 9.17) is 5.73 Å². The molecule has 0 aromatic carbocycles. The Morgan fingerprint density at radius 2 is 2.19 bits per heavy atom. The first kappa shape index (κ1) is 12.6. The number of pyridine rings is 1. The van der Waals surface area contributed by atoms with Crippen molar-refractivity contribution < 1.29 is 4.79 Å². The lowest BCUT2D eigenvalue weighted by molar-refractivity contribution is 0.0929. The molecule has 3 N–H and O–H groups in total. The average Bonchev–Trinajstić information content (AvgIpc) is 2.28. The highest BCUT2D eigenvalue weighted by Crippen LogP contribution is 2.03. The van der Waals surface area contributed by atoms with E-state index in [2.05, 4.69) is 10.3 Å². The fourth-order valence-electron chi connectivity index (χ4n) is 1.24. The highest BCUT2D eigenvalue weighted by atomic mass is 16.1. The number of carbonyl (C=O) groups is 1. The van der Waals surface area contributed by atoms with Crippen LogP contribution in [0.4, 0.5) is 0 Å². The zero-order valence-corrected chi connectivity index (χ0v) is 10.0. The summed E-state index contributed by atoms with van der Waals surface area (Å²) in [7, 11) is 0. The largest absolute Gasteiger partial charge is 0.349 e. The van der Waals surface area contributed by atoms with Crippen LogP contribution in [0, 0.1) is 12.8 Å². The van der Waals surface area contributed by atoms with E-state index in [0.717, 1.165) is 5.69 Å². The van der Waals surface area contributed by atoms with Crippen molar-refractivity contribution in [1.29, 1.82) is 0 Å². The summed E-state index contributed by atoms with van der Waals surface area (Å²) in [6, 6.07) is 3.67. The predicted octanol–water partition coefficient (Wildman–Crippen LogP) is 1.10. The van der Waals surface area contributed by atoms with Gasteiger partial charge in [-0.2, -0.15) is 0 Å². The first-order valence-corrected chi connectivity index (χ1v) is 5.48. The maximum absolute atomic E-state index is 11.8. The second kappa shape index (κ2) is 5.61. The van der Waals surface area contributed by atoms with Gasteiger partial charge in [-0.1, -0.05) is 6.92 Å². The number of rotatable bonds is 4. The highest BCUT2D eigenvalue weighted by molar-refractivity contribution is 5.94. The summed E-state index contributed by atoms with van der Waals surface area (Å²) in [5.41, 5.74) is 7.03. The minimum absolute atomic E-state index is 0.0683. The Hall–Kier alpha value is -1.42. The van der Waals surface area contributed by atoms with Crippen molar-refractivity contribution >= 4 is 5.91 Å². The standard InChI is InChI=1S/C12H19N3O/c1-8(6-13)10(3)15-12(16)11-5-4-9(2)14-7-11/h4-5,7-8,10H,6,13H2,1-3H3,(H,15,16).